The summed E-state index contributed by atoms with van der Waals surface area (Å²) in [6.07, 6.45) is 7.55. The summed E-state index contributed by atoms with van der Waals surface area (Å²) in [5.74, 6) is 1.13. The number of nitrogens with one attached hydrogen (secondary N) is 1. The summed E-state index contributed by atoms with van der Waals surface area (Å²) in [6.45, 7) is 3.04. The number of benzene rings is 1. The van der Waals surface area contributed by atoms with Crippen LogP contribution in [-0.2, 0) is 16.0 Å². The van der Waals surface area contributed by atoms with Gasteiger partial charge in [0.2, 0.25) is 5.91 Å². The van der Waals surface area contributed by atoms with Crippen LogP contribution < -0.4 is 10.1 Å². The lowest BCUT2D eigenvalue weighted by atomic mass is 9.44. The molecule has 1 N–H and O–H groups in total. The second kappa shape index (κ2) is 6.82. The Balaban J connectivity index is 1.45. The van der Waals surface area contributed by atoms with E-state index in [2.05, 4.69) is 12.2 Å². The van der Waals surface area contributed by atoms with E-state index in [0.29, 0.717) is 23.3 Å². The van der Waals surface area contributed by atoms with Gasteiger partial charge in [-0.3, -0.25) is 14.4 Å². The summed E-state index contributed by atoms with van der Waals surface area (Å²) in [5.41, 5.74) is 1.60. The summed E-state index contributed by atoms with van der Waals surface area (Å²) in [7, 11) is 1.60. The molecule has 1 aromatic carbocycles. The number of esters is 1. The Morgan fingerprint density at radius 2 is 1.93 bits per heavy atom. The maximum atomic E-state index is 13.6. The molecule has 4 fully saturated rings. The van der Waals surface area contributed by atoms with E-state index in [1.165, 1.54) is 19.3 Å². The van der Waals surface area contributed by atoms with E-state index in [4.69, 9.17) is 4.74 Å². The molecule has 4 bridgehead atoms. The molecule has 1 heterocycles. The van der Waals surface area contributed by atoms with Gasteiger partial charge in [0.25, 0.3) is 5.91 Å². The van der Waals surface area contributed by atoms with Gasteiger partial charge < -0.3 is 15.0 Å². The normalized spacial score (nSPS) is 33.2. The number of para-hydroxylation sites is 1. The van der Waals surface area contributed by atoms with E-state index in [0.717, 1.165) is 36.7 Å². The zero-order valence-electron chi connectivity index (χ0n) is 17.8. The number of hydrogen-bond acceptors (Lipinski definition) is 4. The Morgan fingerprint density at radius 3 is 2.60 bits per heavy atom. The molecule has 4 aliphatic carbocycles. The third-order valence-corrected chi connectivity index (χ3v) is 7.78. The van der Waals surface area contributed by atoms with Crippen LogP contribution in [-0.4, -0.2) is 42.8 Å². The molecule has 5 aliphatic rings. The average Bonchev–Trinajstić information content (AvgIpc) is 3.04. The van der Waals surface area contributed by atoms with Crippen LogP contribution in [0.3, 0.4) is 0 Å². The zero-order chi connectivity index (χ0) is 21.1. The molecule has 2 atom stereocenters. The first-order chi connectivity index (χ1) is 14.3. The number of carbonyl (C=O) groups is 3. The van der Waals surface area contributed by atoms with Crippen molar-refractivity contribution < 1.29 is 19.1 Å². The molecule has 0 radical (unpaired) electrons. The van der Waals surface area contributed by atoms with E-state index in [1.54, 1.807) is 24.1 Å². The molecule has 30 heavy (non-hydrogen) atoms. The summed E-state index contributed by atoms with van der Waals surface area (Å²) >= 11 is 0. The predicted molar refractivity (Wildman–Crippen MR) is 111 cm³/mol. The average molecular weight is 411 g/mol. The summed E-state index contributed by atoms with van der Waals surface area (Å²) < 4.78 is 5.36. The van der Waals surface area contributed by atoms with Crippen LogP contribution in [0.1, 0.15) is 61.4 Å². The van der Waals surface area contributed by atoms with E-state index in [9.17, 15) is 14.4 Å². The van der Waals surface area contributed by atoms with Gasteiger partial charge in [-0.05, 0) is 67.3 Å². The summed E-state index contributed by atoms with van der Waals surface area (Å²) in [4.78, 5) is 39.4. The first kappa shape index (κ1) is 19.6. The Morgan fingerprint density at radius 1 is 1.20 bits per heavy atom. The number of hydrogen-bond donors (Lipinski definition) is 1. The largest absolute Gasteiger partial charge is 0.425 e. The lowest BCUT2D eigenvalue weighted by molar-refractivity contribution is -0.132. The molecule has 6 nitrogen and oxygen atoms in total. The minimum absolute atomic E-state index is 0.0285. The van der Waals surface area contributed by atoms with Crippen molar-refractivity contribution in [3.63, 3.8) is 0 Å². The molecule has 6 heteroatoms. The number of nitrogens with zero attached hydrogens (tertiary/aromatic N) is 1. The molecule has 0 spiro atoms. The fourth-order valence-corrected chi connectivity index (χ4v) is 7.46. The van der Waals surface area contributed by atoms with E-state index in [-0.39, 0.29) is 36.2 Å². The topological polar surface area (TPSA) is 75.7 Å². The SMILES string of the molecule is CNC(=O)CN(CC12CC3CC(CC(C)(C3)C1)C2)C(=O)c1cccc2c1OC(=O)C2. The van der Waals surface area contributed by atoms with Crippen molar-refractivity contribution in [1.29, 1.82) is 0 Å². The van der Waals surface area contributed by atoms with Crippen LogP contribution in [0.4, 0.5) is 0 Å². The summed E-state index contributed by atoms with van der Waals surface area (Å²) in [5, 5.41) is 2.66. The van der Waals surface area contributed by atoms with Crippen molar-refractivity contribution in [2.75, 3.05) is 20.1 Å². The Bertz CT molecular complexity index is 910. The van der Waals surface area contributed by atoms with Crippen molar-refractivity contribution in [3.05, 3.63) is 29.3 Å². The standard InChI is InChI=1S/C24H30N2O4/c1-23-8-15-6-16(9-23)11-24(10-15,13-23)14-26(12-19(27)25-2)22(29)18-5-3-4-17-7-20(28)30-21(17)18/h3-5,15-16H,6-14H2,1-2H3,(H,25,27). The highest BCUT2D eigenvalue weighted by molar-refractivity contribution is 6.01. The van der Waals surface area contributed by atoms with Crippen molar-refractivity contribution >= 4 is 17.8 Å². The highest BCUT2D eigenvalue weighted by Gasteiger charge is 2.56. The molecule has 6 rings (SSSR count). The van der Waals surface area contributed by atoms with E-state index >= 15 is 0 Å². The van der Waals surface area contributed by atoms with Gasteiger partial charge in [-0.15, -0.1) is 0 Å². The third kappa shape index (κ3) is 3.30. The highest BCUT2D eigenvalue weighted by Crippen LogP contribution is 2.65. The minimum Gasteiger partial charge on any atom is -0.425 e. The van der Waals surface area contributed by atoms with Crippen LogP contribution in [0, 0.1) is 22.7 Å². The molecule has 4 saturated carbocycles. The molecule has 160 valence electrons. The number of ether oxygens (including phenoxy) is 1. The van der Waals surface area contributed by atoms with Crippen LogP contribution in [0.25, 0.3) is 0 Å². The van der Waals surface area contributed by atoms with Crippen LogP contribution in [0.5, 0.6) is 5.75 Å². The molecule has 0 aromatic heterocycles. The summed E-state index contributed by atoms with van der Waals surface area (Å²) in [6, 6.07) is 5.31. The second-order valence-corrected chi connectivity index (χ2v) is 10.6. The predicted octanol–water partition coefficient (Wildman–Crippen LogP) is 2.94. The molecule has 1 aromatic rings. The van der Waals surface area contributed by atoms with Crippen molar-refractivity contribution in [2.24, 2.45) is 22.7 Å². The van der Waals surface area contributed by atoms with Crippen molar-refractivity contribution in [2.45, 2.75) is 51.9 Å². The van der Waals surface area contributed by atoms with Crippen LogP contribution >= 0.6 is 0 Å². The van der Waals surface area contributed by atoms with Crippen LogP contribution in [0.15, 0.2) is 18.2 Å². The van der Waals surface area contributed by atoms with E-state index in [1.807, 2.05) is 6.07 Å². The number of amides is 2. The van der Waals surface area contributed by atoms with Gasteiger partial charge in [0.05, 0.1) is 18.5 Å². The van der Waals surface area contributed by atoms with Gasteiger partial charge in [-0.1, -0.05) is 19.1 Å². The lowest BCUT2D eigenvalue weighted by Gasteiger charge is -2.62. The Labute approximate surface area is 177 Å². The fraction of sp³-hybridized carbons (Fsp3) is 0.625. The van der Waals surface area contributed by atoms with Gasteiger partial charge >= 0.3 is 5.97 Å². The molecule has 2 unspecified atom stereocenters. The quantitative estimate of drug-likeness (QED) is 0.598. The third-order valence-electron chi connectivity index (χ3n) is 7.78. The first-order valence-corrected chi connectivity index (χ1v) is 11.1. The van der Waals surface area contributed by atoms with Gasteiger partial charge in [-0.25, -0.2) is 0 Å². The number of rotatable bonds is 5. The molecular weight excluding hydrogens is 380 g/mol. The minimum atomic E-state index is -0.336. The maximum Gasteiger partial charge on any atom is 0.315 e. The highest BCUT2D eigenvalue weighted by atomic mass is 16.5. The second-order valence-electron chi connectivity index (χ2n) is 10.6. The maximum absolute atomic E-state index is 13.6. The first-order valence-electron chi connectivity index (χ1n) is 11.1. The molecule has 0 saturated heterocycles. The van der Waals surface area contributed by atoms with Gasteiger partial charge in [0.1, 0.15) is 5.75 Å². The monoisotopic (exact) mass is 410 g/mol. The van der Waals surface area contributed by atoms with Crippen molar-refractivity contribution in [1.82, 2.24) is 10.2 Å². The van der Waals surface area contributed by atoms with Gasteiger partial charge in [-0.2, -0.15) is 0 Å². The number of carbonyl (C=O) groups excluding carboxylic acids is 3. The zero-order valence-corrected chi connectivity index (χ0v) is 17.8. The molecule has 1 aliphatic heterocycles. The Kier molecular flexibility index (Phi) is 4.46. The lowest BCUT2D eigenvalue weighted by Crippen LogP contribution is -2.56. The number of fused-ring (bicyclic) bond motifs is 1. The van der Waals surface area contributed by atoms with Crippen LogP contribution in [0.2, 0.25) is 0 Å². The fourth-order valence-electron chi connectivity index (χ4n) is 7.46. The smallest absolute Gasteiger partial charge is 0.315 e. The molecule has 2 amide bonds. The van der Waals surface area contributed by atoms with Gasteiger partial charge in [0.15, 0.2) is 0 Å². The molecular formula is C24H30N2O4. The van der Waals surface area contributed by atoms with Gasteiger partial charge in [0, 0.05) is 19.2 Å². The van der Waals surface area contributed by atoms with Crippen molar-refractivity contribution in [3.8, 4) is 5.75 Å². The number of likely N-dealkylation sites (N-methyl/N-ethyl adjacent to an activating group) is 1. The van der Waals surface area contributed by atoms with E-state index < -0.39 is 0 Å². The Hall–Kier alpha value is -2.37.